The molecule has 0 saturated carbocycles. The van der Waals surface area contributed by atoms with Crippen LogP contribution in [0.1, 0.15) is 30.6 Å². The molecule has 134 valence electrons. The van der Waals surface area contributed by atoms with Gasteiger partial charge in [-0.15, -0.1) is 0 Å². The molecule has 0 heterocycles. The summed E-state index contributed by atoms with van der Waals surface area (Å²) in [6, 6.07) is 12.0. The van der Waals surface area contributed by atoms with Crippen molar-refractivity contribution in [2.24, 2.45) is 0 Å². The Balaban J connectivity index is 0.000000271. The maximum Gasteiger partial charge on any atom is 0.311 e. The summed E-state index contributed by atoms with van der Waals surface area (Å²) in [6.07, 6.45) is 0.993. The summed E-state index contributed by atoms with van der Waals surface area (Å²) < 4.78 is 15.2. The molecular weight excluding hydrogens is 322 g/mol. The third-order valence-electron chi connectivity index (χ3n) is 3.03. The molecule has 0 aliphatic heterocycles. The highest BCUT2D eigenvalue weighted by Gasteiger charge is 2.08. The van der Waals surface area contributed by atoms with E-state index in [-0.39, 0.29) is 5.97 Å². The first-order valence-corrected chi connectivity index (χ1v) is 7.86. The van der Waals surface area contributed by atoms with Gasteiger partial charge in [0, 0.05) is 17.7 Å². The quantitative estimate of drug-likeness (QED) is 0.373. The number of hydrogen-bond acceptors (Lipinski definition) is 6. The third-order valence-corrected chi connectivity index (χ3v) is 3.03. The van der Waals surface area contributed by atoms with Crippen LogP contribution in [0.5, 0.6) is 17.2 Å². The van der Waals surface area contributed by atoms with Gasteiger partial charge in [0.1, 0.15) is 12.0 Å². The van der Waals surface area contributed by atoms with E-state index >= 15 is 0 Å². The van der Waals surface area contributed by atoms with Gasteiger partial charge in [0.2, 0.25) is 0 Å². The zero-order valence-electron chi connectivity index (χ0n) is 14.7. The SMILES string of the molecule is CCC(=O)Oc1ccc(C=O)cc1OC.CCOc1ccc(N)cc1. The maximum atomic E-state index is 11.1. The number of rotatable bonds is 6. The van der Waals surface area contributed by atoms with Crippen LogP contribution in [0.2, 0.25) is 0 Å². The second-order valence-electron chi connectivity index (χ2n) is 4.86. The smallest absolute Gasteiger partial charge is 0.311 e. The predicted molar refractivity (Wildman–Crippen MR) is 96.3 cm³/mol. The highest BCUT2D eigenvalue weighted by atomic mass is 16.6. The molecule has 0 aliphatic carbocycles. The number of methoxy groups -OCH3 is 1. The van der Waals surface area contributed by atoms with Crippen molar-refractivity contribution in [2.45, 2.75) is 20.3 Å². The van der Waals surface area contributed by atoms with Crippen molar-refractivity contribution >= 4 is 17.9 Å². The first kappa shape index (κ1) is 20.0. The zero-order valence-corrected chi connectivity index (χ0v) is 14.7. The van der Waals surface area contributed by atoms with Crippen molar-refractivity contribution in [3.05, 3.63) is 48.0 Å². The summed E-state index contributed by atoms with van der Waals surface area (Å²) in [5.74, 6) is 1.24. The van der Waals surface area contributed by atoms with Crippen molar-refractivity contribution in [1.82, 2.24) is 0 Å². The molecule has 2 aromatic carbocycles. The minimum Gasteiger partial charge on any atom is -0.494 e. The van der Waals surface area contributed by atoms with Crippen LogP contribution in [0, 0.1) is 0 Å². The van der Waals surface area contributed by atoms with Crippen LogP contribution >= 0.6 is 0 Å². The molecule has 0 bridgehead atoms. The Hall–Kier alpha value is -3.02. The van der Waals surface area contributed by atoms with Crippen LogP contribution in [0.3, 0.4) is 0 Å². The number of esters is 1. The van der Waals surface area contributed by atoms with Crippen molar-refractivity contribution < 1.29 is 23.8 Å². The highest BCUT2D eigenvalue weighted by molar-refractivity contribution is 5.78. The standard InChI is InChI=1S/C11H12O4.C8H11NO/c1-3-11(13)15-9-5-4-8(7-12)6-10(9)14-2;1-2-10-8-5-3-7(9)4-6-8/h4-7H,3H2,1-2H3;3-6H,2,9H2,1H3. The van der Waals surface area contributed by atoms with Gasteiger partial charge in [-0.1, -0.05) is 6.92 Å². The van der Waals surface area contributed by atoms with Gasteiger partial charge in [0.15, 0.2) is 11.5 Å². The number of nitrogen functional groups attached to an aromatic ring is 1. The van der Waals surface area contributed by atoms with Crippen LogP contribution in [-0.4, -0.2) is 26.0 Å². The van der Waals surface area contributed by atoms with Gasteiger partial charge in [-0.3, -0.25) is 9.59 Å². The molecule has 0 atom stereocenters. The molecule has 6 nitrogen and oxygen atoms in total. The predicted octanol–water partition coefficient (Wildman–Crippen LogP) is 3.49. The number of nitrogens with two attached hydrogens (primary N) is 1. The third kappa shape index (κ3) is 6.95. The molecule has 0 aliphatic rings. The molecule has 2 aromatic rings. The first-order chi connectivity index (χ1) is 12.0. The number of anilines is 1. The summed E-state index contributed by atoms with van der Waals surface area (Å²) in [4.78, 5) is 21.6. The fourth-order valence-corrected chi connectivity index (χ4v) is 1.77. The van der Waals surface area contributed by atoms with Crippen LogP contribution in [0.15, 0.2) is 42.5 Å². The van der Waals surface area contributed by atoms with Gasteiger partial charge in [0.05, 0.1) is 13.7 Å². The number of ether oxygens (including phenoxy) is 3. The van der Waals surface area contributed by atoms with E-state index in [2.05, 4.69) is 0 Å². The molecule has 0 aromatic heterocycles. The first-order valence-electron chi connectivity index (χ1n) is 7.86. The van der Waals surface area contributed by atoms with E-state index in [4.69, 9.17) is 19.9 Å². The molecule has 0 unspecified atom stereocenters. The summed E-state index contributed by atoms with van der Waals surface area (Å²) in [5.41, 5.74) is 6.71. The Bertz CT molecular complexity index is 683. The summed E-state index contributed by atoms with van der Waals surface area (Å²) in [6.45, 7) is 4.36. The van der Waals surface area contributed by atoms with Gasteiger partial charge in [0.25, 0.3) is 0 Å². The van der Waals surface area contributed by atoms with E-state index in [1.807, 2.05) is 31.2 Å². The van der Waals surface area contributed by atoms with Gasteiger partial charge >= 0.3 is 5.97 Å². The number of carbonyl (C=O) groups is 2. The molecule has 0 radical (unpaired) electrons. The van der Waals surface area contributed by atoms with E-state index in [1.165, 1.54) is 19.2 Å². The van der Waals surface area contributed by atoms with E-state index in [0.717, 1.165) is 11.4 Å². The minimum atomic E-state index is -0.341. The molecular formula is C19H23NO5. The molecule has 2 rings (SSSR count). The zero-order chi connectivity index (χ0) is 18.7. The second kappa shape index (κ2) is 10.7. The lowest BCUT2D eigenvalue weighted by molar-refractivity contribution is -0.134. The normalized spacial score (nSPS) is 9.40. The average molecular weight is 345 g/mol. The maximum absolute atomic E-state index is 11.1. The topological polar surface area (TPSA) is 87.9 Å². The second-order valence-corrected chi connectivity index (χ2v) is 4.86. The molecule has 0 fully saturated rings. The fraction of sp³-hybridized carbons (Fsp3) is 0.263. The Morgan fingerprint density at radius 2 is 1.76 bits per heavy atom. The fourth-order valence-electron chi connectivity index (χ4n) is 1.77. The minimum absolute atomic E-state index is 0.290. The number of carbonyl (C=O) groups excluding carboxylic acids is 2. The summed E-state index contributed by atoms with van der Waals surface area (Å²) >= 11 is 0. The Labute approximate surface area is 147 Å². The molecule has 0 spiro atoms. The number of aldehydes is 1. The average Bonchev–Trinajstić information content (AvgIpc) is 2.64. The van der Waals surface area contributed by atoms with E-state index in [1.54, 1.807) is 13.0 Å². The van der Waals surface area contributed by atoms with Gasteiger partial charge in [-0.25, -0.2) is 0 Å². The van der Waals surface area contributed by atoms with Crippen LogP contribution < -0.4 is 19.9 Å². The lowest BCUT2D eigenvalue weighted by Gasteiger charge is -2.08. The number of benzene rings is 2. The van der Waals surface area contributed by atoms with Gasteiger partial charge in [-0.05, 0) is 49.4 Å². The Kier molecular flexibility index (Phi) is 8.57. The van der Waals surface area contributed by atoms with Crippen LogP contribution in [-0.2, 0) is 4.79 Å². The van der Waals surface area contributed by atoms with Crippen molar-refractivity contribution in [3.8, 4) is 17.2 Å². The Morgan fingerprint density at radius 3 is 2.28 bits per heavy atom. The number of hydrogen-bond donors (Lipinski definition) is 1. The lowest BCUT2D eigenvalue weighted by atomic mass is 10.2. The largest absolute Gasteiger partial charge is 0.494 e. The van der Waals surface area contributed by atoms with Crippen LogP contribution in [0.4, 0.5) is 5.69 Å². The highest BCUT2D eigenvalue weighted by Crippen LogP contribution is 2.27. The molecule has 25 heavy (non-hydrogen) atoms. The Morgan fingerprint density at radius 1 is 1.08 bits per heavy atom. The summed E-state index contributed by atoms with van der Waals surface area (Å²) in [7, 11) is 1.45. The molecule has 0 saturated heterocycles. The van der Waals surface area contributed by atoms with Gasteiger partial charge < -0.3 is 19.9 Å². The molecule has 2 N–H and O–H groups in total. The molecule has 0 amide bonds. The van der Waals surface area contributed by atoms with Crippen LogP contribution in [0.25, 0.3) is 0 Å². The molecule has 6 heteroatoms. The monoisotopic (exact) mass is 345 g/mol. The summed E-state index contributed by atoms with van der Waals surface area (Å²) in [5, 5.41) is 0. The van der Waals surface area contributed by atoms with Crippen molar-refractivity contribution in [1.29, 1.82) is 0 Å². The van der Waals surface area contributed by atoms with E-state index in [0.29, 0.717) is 36.4 Å². The van der Waals surface area contributed by atoms with E-state index < -0.39 is 0 Å². The van der Waals surface area contributed by atoms with Gasteiger partial charge in [-0.2, -0.15) is 0 Å². The lowest BCUT2D eigenvalue weighted by Crippen LogP contribution is -2.06. The van der Waals surface area contributed by atoms with Crippen molar-refractivity contribution in [3.63, 3.8) is 0 Å². The van der Waals surface area contributed by atoms with E-state index in [9.17, 15) is 9.59 Å². The van der Waals surface area contributed by atoms with Crippen molar-refractivity contribution in [2.75, 3.05) is 19.5 Å².